The van der Waals surface area contributed by atoms with E-state index in [0.29, 0.717) is 23.8 Å². The van der Waals surface area contributed by atoms with Crippen molar-refractivity contribution in [2.24, 2.45) is 5.92 Å². The molecule has 4 rings (SSSR count). The average Bonchev–Trinajstić information content (AvgIpc) is 3.55. The predicted molar refractivity (Wildman–Crippen MR) is 138 cm³/mol. The standard InChI is InChI=1S/C28H40ClN3O3/c1-20-18-30(13-14-32(20)28(35)22-7-3-4-8-22)19-24-16-25(29)15-23(21(24)2)17-26(33)9-10-27(34)31-11-5-6-12-31/h15-16,20,22H,3-14,17-19H2,1-2H3/t20-/m0/s1. The number of benzene rings is 1. The van der Waals surface area contributed by atoms with Crippen LogP contribution in [-0.2, 0) is 27.3 Å². The van der Waals surface area contributed by atoms with Crippen LogP contribution in [0.3, 0.4) is 0 Å². The molecule has 0 spiro atoms. The molecular weight excluding hydrogens is 462 g/mol. The molecule has 0 aromatic heterocycles. The molecule has 2 heterocycles. The van der Waals surface area contributed by atoms with Crippen molar-refractivity contribution in [3.8, 4) is 0 Å². The number of halogens is 1. The average molecular weight is 502 g/mol. The Labute approximate surface area is 215 Å². The molecule has 192 valence electrons. The zero-order valence-electron chi connectivity index (χ0n) is 21.4. The topological polar surface area (TPSA) is 60.9 Å². The Morgan fingerprint density at radius 2 is 1.63 bits per heavy atom. The highest BCUT2D eigenvalue weighted by Gasteiger charge is 2.33. The maximum atomic E-state index is 12.9. The molecule has 0 unspecified atom stereocenters. The number of nitrogens with zero attached hydrogens (tertiary/aromatic N) is 3. The van der Waals surface area contributed by atoms with Crippen molar-refractivity contribution in [2.75, 3.05) is 32.7 Å². The van der Waals surface area contributed by atoms with Gasteiger partial charge in [0.05, 0.1) is 0 Å². The van der Waals surface area contributed by atoms with Gasteiger partial charge in [0, 0.05) is 75.5 Å². The van der Waals surface area contributed by atoms with Gasteiger partial charge in [0.2, 0.25) is 11.8 Å². The maximum Gasteiger partial charge on any atom is 0.226 e. The van der Waals surface area contributed by atoms with E-state index in [0.717, 1.165) is 81.6 Å². The van der Waals surface area contributed by atoms with Crippen LogP contribution < -0.4 is 0 Å². The molecule has 3 aliphatic rings. The first-order chi connectivity index (χ1) is 16.8. The number of hydrogen-bond acceptors (Lipinski definition) is 4. The normalized spacial score (nSPS) is 21.6. The van der Waals surface area contributed by atoms with Crippen LogP contribution in [0.4, 0.5) is 0 Å². The lowest BCUT2D eigenvalue weighted by molar-refractivity contribution is -0.140. The summed E-state index contributed by atoms with van der Waals surface area (Å²) in [4.78, 5) is 44.3. The maximum absolute atomic E-state index is 12.9. The second-order valence-corrected chi connectivity index (χ2v) is 11.2. The molecule has 2 amide bonds. The predicted octanol–water partition coefficient (Wildman–Crippen LogP) is 4.39. The van der Waals surface area contributed by atoms with Gasteiger partial charge in [0.15, 0.2) is 0 Å². The Bertz CT molecular complexity index is 938. The third kappa shape index (κ3) is 6.65. The summed E-state index contributed by atoms with van der Waals surface area (Å²) >= 11 is 6.46. The zero-order chi connectivity index (χ0) is 24.9. The molecule has 0 N–H and O–H groups in total. The molecule has 2 aliphatic heterocycles. The molecule has 1 aromatic carbocycles. The van der Waals surface area contributed by atoms with Crippen LogP contribution in [-0.4, -0.2) is 71.1 Å². The van der Waals surface area contributed by atoms with Crippen molar-refractivity contribution in [1.29, 1.82) is 0 Å². The largest absolute Gasteiger partial charge is 0.343 e. The van der Waals surface area contributed by atoms with E-state index in [9.17, 15) is 14.4 Å². The Morgan fingerprint density at radius 1 is 0.943 bits per heavy atom. The van der Waals surface area contributed by atoms with Crippen LogP contribution in [0, 0.1) is 12.8 Å². The van der Waals surface area contributed by atoms with Crippen molar-refractivity contribution < 1.29 is 14.4 Å². The molecule has 0 bridgehead atoms. The summed E-state index contributed by atoms with van der Waals surface area (Å²) in [6, 6.07) is 4.09. The van der Waals surface area contributed by atoms with Crippen molar-refractivity contribution in [3.63, 3.8) is 0 Å². The minimum absolute atomic E-state index is 0.0847. The van der Waals surface area contributed by atoms with Gasteiger partial charge in [0.25, 0.3) is 0 Å². The second-order valence-electron chi connectivity index (χ2n) is 10.7. The molecule has 1 aliphatic carbocycles. The van der Waals surface area contributed by atoms with E-state index in [1.165, 1.54) is 12.8 Å². The Kier molecular flexibility index (Phi) is 8.87. The zero-order valence-corrected chi connectivity index (χ0v) is 22.1. The van der Waals surface area contributed by atoms with Crippen molar-refractivity contribution in [1.82, 2.24) is 14.7 Å². The summed E-state index contributed by atoms with van der Waals surface area (Å²) in [7, 11) is 0. The van der Waals surface area contributed by atoms with Crippen LogP contribution in [0.1, 0.15) is 75.0 Å². The first kappa shape index (κ1) is 26.2. The van der Waals surface area contributed by atoms with Crippen molar-refractivity contribution >= 4 is 29.2 Å². The molecular formula is C28H40ClN3O3. The van der Waals surface area contributed by atoms with Gasteiger partial charge in [0.1, 0.15) is 5.78 Å². The molecule has 35 heavy (non-hydrogen) atoms. The Hall–Kier alpha value is -1.92. The molecule has 1 saturated carbocycles. The van der Waals surface area contributed by atoms with Gasteiger partial charge >= 0.3 is 0 Å². The van der Waals surface area contributed by atoms with E-state index in [2.05, 4.69) is 23.6 Å². The highest BCUT2D eigenvalue weighted by Crippen LogP contribution is 2.29. The fourth-order valence-electron chi connectivity index (χ4n) is 5.97. The van der Waals surface area contributed by atoms with E-state index >= 15 is 0 Å². The van der Waals surface area contributed by atoms with Gasteiger partial charge < -0.3 is 9.80 Å². The molecule has 0 radical (unpaired) electrons. The lowest BCUT2D eigenvalue weighted by Gasteiger charge is -2.41. The number of carbonyl (C=O) groups is 3. The minimum Gasteiger partial charge on any atom is -0.343 e. The van der Waals surface area contributed by atoms with Gasteiger partial charge in [-0.05, 0) is 68.4 Å². The van der Waals surface area contributed by atoms with Gasteiger partial charge in [-0.3, -0.25) is 19.3 Å². The van der Waals surface area contributed by atoms with Crippen LogP contribution in [0.25, 0.3) is 0 Å². The fourth-order valence-corrected chi connectivity index (χ4v) is 6.23. The number of carbonyl (C=O) groups excluding carboxylic acids is 3. The van der Waals surface area contributed by atoms with E-state index in [1.54, 1.807) is 0 Å². The summed E-state index contributed by atoms with van der Waals surface area (Å²) in [5, 5.41) is 0.643. The first-order valence-corrected chi connectivity index (χ1v) is 13.8. The van der Waals surface area contributed by atoms with Crippen molar-refractivity contribution in [3.05, 3.63) is 33.8 Å². The Balaban J connectivity index is 1.32. The molecule has 2 saturated heterocycles. The number of rotatable bonds is 8. The monoisotopic (exact) mass is 501 g/mol. The molecule has 6 nitrogen and oxygen atoms in total. The van der Waals surface area contributed by atoms with E-state index < -0.39 is 0 Å². The molecule has 1 atom stereocenters. The first-order valence-electron chi connectivity index (χ1n) is 13.4. The minimum atomic E-state index is 0.0847. The number of Topliss-reactive ketones (excluding diaryl/α,β-unsaturated/α-hetero) is 1. The summed E-state index contributed by atoms with van der Waals surface area (Å²) in [5.41, 5.74) is 3.19. The summed E-state index contributed by atoms with van der Waals surface area (Å²) < 4.78 is 0. The van der Waals surface area contributed by atoms with Crippen LogP contribution in [0.5, 0.6) is 0 Å². The Morgan fingerprint density at radius 3 is 2.31 bits per heavy atom. The molecule has 3 fully saturated rings. The number of piperazine rings is 1. The number of ketones is 1. The number of amides is 2. The fraction of sp³-hybridized carbons (Fsp3) is 0.679. The summed E-state index contributed by atoms with van der Waals surface area (Å²) in [6.07, 6.45) is 7.47. The summed E-state index contributed by atoms with van der Waals surface area (Å²) in [5.74, 6) is 0.753. The van der Waals surface area contributed by atoms with Crippen molar-refractivity contribution in [2.45, 2.75) is 84.2 Å². The number of likely N-dealkylation sites (tertiary alicyclic amines) is 1. The summed E-state index contributed by atoms with van der Waals surface area (Å²) in [6.45, 7) is 9.09. The van der Waals surface area contributed by atoms with Gasteiger partial charge in [-0.1, -0.05) is 24.4 Å². The van der Waals surface area contributed by atoms with Gasteiger partial charge in [-0.25, -0.2) is 0 Å². The van der Waals surface area contributed by atoms with E-state index in [1.807, 2.05) is 17.0 Å². The third-order valence-electron chi connectivity index (χ3n) is 8.14. The van der Waals surface area contributed by atoms with Crippen LogP contribution in [0.2, 0.25) is 5.02 Å². The van der Waals surface area contributed by atoms with E-state index in [-0.39, 0.29) is 30.1 Å². The smallest absolute Gasteiger partial charge is 0.226 e. The lowest BCUT2D eigenvalue weighted by atomic mass is 9.96. The molecule has 7 heteroatoms. The highest BCUT2D eigenvalue weighted by atomic mass is 35.5. The van der Waals surface area contributed by atoms with Gasteiger partial charge in [-0.2, -0.15) is 0 Å². The van der Waals surface area contributed by atoms with E-state index in [4.69, 9.17) is 11.6 Å². The van der Waals surface area contributed by atoms with Crippen LogP contribution in [0.15, 0.2) is 12.1 Å². The van der Waals surface area contributed by atoms with Gasteiger partial charge in [-0.15, -0.1) is 0 Å². The lowest BCUT2D eigenvalue weighted by Crippen LogP contribution is -2.54. The number of hydrogen-bond donors (Lipinski definition) is 0. The SMILES string of the molecule is Cc1c(CC(=O)CCC(=O)N2CCCC2)cc(Cl)cc1CN1CCN(C(=O)C2CCCC2)[C@@H](C)C1. The molecule has 1 aromatic rings. The van der Waals surface area contributed by atoms with Crippen LogP contribution >= 0.6 is 11.6 Å². The third-order valence-corrected chi connectivity index (χ3v) is 8.36. The highest BCUT2D eigenvalue weighted by molar-refractivity contribution is 6.30. The second kappa shape index (κ2) is 11.9. The quantitative estimate of drug-likeness (QED) is 0.530.